The lowest BCUT2D eigenvalue weighted by Gasteiger charge is -2.11. The summed E-state index contributed by atoms with van der Waals surface area (Å²) in [7, 11) is 0. The number of amides is 1. The molecule has 0 saturated carbocycles. The van der Waals surface area contributed by atoms with E-state index in [1.807, 2.05) is 48.1 Å². The zero-order valence-corrected chi connectivity index (χ0v) is 14.8. The third-order valence-corrected chi connectivity index (χ3v) is 4.54. The molecule has 0 spiro atoms. The molecule has 0 bridgehead atoms. The van der Waals surface area contributed by atoms with Crippen LogP contribution in [0.5, 0.6) is 0 Å². The number of aromatic nitrogens is 3. The Morgan fingerprint density at radius 3 is 2.81 bits per heavy atom. The maximum Gasteiger partial charge on any atom is 0.268 e. The fourth-order valence-electron chi connectivity index (χ4n) is 3.06. The number of H-pyrrole nitrogens is 1. The Hall–Kier alpha value is -3.41. The molecule has 4 aromatic rings. The molecule has 2 N–H and O–H groups in total. The molecule has 0 saturated heterocycles. The van der Waals surface area contributed by atoms with Gasteiger partial charge in [-0.1, -0.05) is 36.4 Å². The van der Waals surface area contributed by atoms with Gasteiger partial charge in [-0.2, -0.15) is 5.10 Å². The molecule has 6 heteroatoms. The van der Waals surface area contributed by atoms with Crippen molar-refractivity contribution in [2.45, 2.75) is 19.5 Å². The first-order valence-corrected chi connectivity index (χ1v) is 8.74. The fraction of sp³-hybridized carbons (Fsp3) is 0.143. The van der Waals surface area contributed by atoms with Crippen molar-refractivity contribution in [2.24, 2.45) is 0 Å². The molecule has 1 unspecified atom stereocenters. The van der Waals surface area contributed by atoms with Crippen molar-refractivity contribution >= 4 is 16.8 Å². The van der Waals surface area contributed by atoms with Gasteiger partial charge in [0, 0.05) is 22.7 Å². The van der Waals surface area contributed by atoms with E-state index in [9.17, 15) is 9.18 Å². The molecule has 27 heavy (non-hydrogen) atoms. The molecule has 0 aliphatic carbocycles. The zero-order chi connectivity index (χ0) is 18.8. The number of carbonyl (C=O) groups excluding carboxylic acids is 1. The van der Waals surface area contributed by atoms with Crippen LogP contribution in [-0.2, 0) is 6.54 Å². The quantitative estimate of drug-likeness (QED) is 0.563. The number of halogens is 1. The van der Waals surface area contributed by atoms with E-state index in [1.165, 1.54) is 12.1 Å². The van der Waals surface area contributed by atoms with Gasteiger partial charge in [-0.3, -0.25) is 9.48 Å². The molecule has 5 nitrogen and oxygen atoms in total. The SMILES string of the molecule is CC(NC(=O)c1cc2c(F)cccc2[nH]1)c1cnn(Cc2ccccc2)c1. The maximum atomic E-state index is 13.8. The summed E-state index contributed by atoms with van der Waals surface area (Å²) in [5.41, 5.74) is 2.99. The second kappa shape index (κ2) is 7.07. The van der Waals surface area contributed by atoms with Crippen LogP contribution in [0, 0.1) is 5.82 Å². The molecule has 2 aromatic heterocycles. The Labute approximate surface area is 155 Å². The lowest BCUT2D eigenvalue weighted by molar-refractivity contribution is 0.0935. The van der Waals surface area contributed by atoms with E-state index in [1.54, 1.807) is 18.3 Å². The second-order valence-electron chi connectivity index (χ2n) is 6.54. The Kier molecular flexibility index (Phi) is 4.46. The molecule has 2 aromatic carbocycles. The van der Waals surface area contributed by atoms with Crippen molar-refractivity contribution in [3.8, 4) is 0 Å². The highest BCUT2D eigenvalue weighted by Crippen LogP contribution is 2.19. The molecule has 1 amide bonds. The molecule has 4 rings (SSSR count). The number of carbonyl (C=O) groups is 1. The fourth-order valence-corrected chi connectivity index (χ4v) is 3.06. The summed E-state index contributed by atoms with van der Waals surface area (Å²) in [5, 5.41) is 7.70. The van der Waals surface area contributed by atoms with Crippen molar-refractivity contribution < 1.29 is 9.18 Å². The predicted molar refractivity (Wildman–Crippen MR) is 102 cm³/mol. The topological polar surface area (TPSA) is 62.7 Å². The number of hydrogen-bond donors (Lipinski definition) is 2. The van der Waals surface area contributed by atoms with Crippen LogP contribution in [0.15, 0.2) is 67.0 Å². The number of aromatic amines is 1. The Morgan fingerprint density at radius 2 is 2.04 bits per heavy atom. The van der Waals surface area contributed by atoms with Crippen LogP contribution < -0.4 is 5.32 Å². The summed E-state index contributed by atoms with van der Waals surface area (Å²) < 4.78 is 15.6. The molecule has 0 aliphatic heterocycles. The van der Waals surface area contributed by atoms with Crippen LogP contribution in [0.25, 0.3) is 10.9 Å². The number of rotatable bonds is 5. The van der Waals surface area contributed by atoms with Gasteiger partial charge in [-0.25, -0.2) is 4.39 Å². The first kappa shape index (κ1) is 17.0. The highest BCUT2D eigenvalue weighted by molar-refractivity contribution is 5.98. The third-order valence-electron chi connectivity index (χ3n) is 4.54. The second-order valence-corrected chi connectivity index (χ2v) is 6.54. The average molecular weight is 362 g/mol. The van der Waals surface area contributed by atoms with Crippen molar-refractivity contribution in [3.63, 3.8) is 0 Å². The smallest absolute Gasteiger partial charge is 0.268 e. The molecule has 0 aliphatic rings. The Morgan fingerprint density at radius 1 is 1.22 bits per heavy atom. The van der Waals surface area contributed by atoms with E-state index in [2.05, 4.69) is 15.4 Å². The molecule has 0 fully saturated rings. The van der Waals surface area contributed by atoms with Crippen molar-refractivity contribution in [1.29, 1.82) is 0 Å². The minimum atomic E-state index is -0.349. The largest absolute Gasteiger partial charge is 0.350 e. The molecule has 1 atom stereocenters. The summed E-state index contributed by atoms with van der Waals surface area (Å²) in [6, 6.07) is 16.1. The van der Waals surface area contributed by atoms with Crippen molar-refractivity contribution in [3.05, 3.63) is 89.6 Å². The third kappa shape index (κ3) is 3.60. The van der Waals surface area contributed by atoms with Crippen LogP contribution in [0.2, 0.25) is 0 Å². The van der Waals surface area contributed by atoms with E-state index in [-0.39, 0.29) is 17.8 Å². The van der Waals surface area contributed by atoms with Crippen molar-refractivity contribution in [1.82, 2.24) is 20.1 Å². The Bertz CT molecular complexity index is 1080. The standard InChI is InChI=1S/C21H19FN4O/c1-14(16-11-23-26(13-16)12-15-6-3-2-4-7-15)24-21(27)20-10-17-18(22)8-5-9-19(17)25-20/h2-11,13-14,25H,12H2,1H3,(H,24,27). The lowest BCUT2D eigenvalue weighted by Crippen LogP contribution is -2.26. The number of nitrogens with one attached hydrogen (secondary N) is 2. The van der Waals surface area contributed by atoms with E-state index in [0.717, 1.165) is 11.1 Å². The number of fused-ring (bicyclic) bond motifs is 1. The van der Waals surface area contributed by atoms with Gasteiger partial charge in [-0.05, 0) is 30.7 Å². The van der Waals surface area contributed by atoms with E-state index < -0.39 is 0 Å². The van der Waals surface area contributed by atoms with E-state index in [4.69, 9.17) is 0 Å². The Balaban J connectivity index is 1.46. The average Bonchev–Trinajstić information content (AvgIpc) is 3.30. The zero-order valence-electron chi connectivity index (χ0n) is 14.8. The minimum absolute atomic E-state index is 0.224. The first-order valence-electron chi connectivity index (χ1n) is 8.74. The van der Waals surface area contributed by atoms with Gasteiger partial charge in [0.15, 0.2) is 0 Å². The number of hydrogen-bond acceptors (Lipinski definition) is 2. The van der Waals surface area contributed by atoms with Gasteiger partial charge in [0.05, 0.1) is 18.8 Å². The van der Waals surface area contributed by atoms with Gasteiger partial charge in [0.2, 0.25) is 0 Å². The van der Waals surface area contributed by atoms with Gasteiger partial charge in [0.25, 0.3) is 5.91 Å². The summed E-state index contributed by atoms with van der Waals surface area (Å²) in [6.07, 6.45) is 3.67. The molecule has 0 radical (unpaired) electrons. The molecular formula is C21H19FN4O. The summed E-state index contributed by atoms with van der Waals surface area (Å²) in [6.45, 7) is 2.56. The maximum absolute atomic E-state index is 13.8. The van der Waals surface area contributed by atoms with Crippen LogP contribution in [-0.4, -0.2) is 20.7 Å². The van der Waals surface area contributed by atoms with E-state index >= 15 is 0 Å². The molecular weight excluding hydrogens is 343 g/mol. The predicted octanol–water partition coefficient (Wildman–Crippen LogP) is 4.04. The van der Waals surface area contributed by atoms with Crippen LogP contribution in [0.1, 0.15) is 34.6 Å². The van der Waals surface area contributed by atoms with Gasteiger partial charge < -0.3 is 10.3 Å². The minimum Gasteiger partial charge on any atom is -0.350 e. The normalized spacial score (nSPS) is 12.2. The molecule has 136 valence electrons. The number of nitrogens with zero attached hydrogens (tertiary/aromatic N) is 2. The van der Waals surface area contributed by atoms with Crippen LogP contribution in [0.4, 0.5) is 4.39 Å². The number of benzene rings is 2. The van der Waals surface area contributed by atoms with Crippen LogP contribution >= 0.6 is 0 Å². The molecule has 2 heterocycles. The highest BCUT2D eigenvalue weighted by Gasteiger charge is 2.16. The highest BCUT2D eigenvalue weighted by atomic mass is 19.1. The summed E-state index contributed by atoms with van der Waals surface area (Å²) in [5.74, 6) is -0.632. The summed E-state index contributed by atoms with van der Waals surface area (Å²) in [4.78, 5) is 15.5. The van der Waals surface area contributed by atoms with Crippen molar-refractivity contribution in [2.75, 3.05) is 0 Å². The van der Waals surface area contributed by atoms with E-state index in [0.29, 0.717) is 23.1 Å². The van der Waals surface area contributed by atoms with Gasteiger partial charge >= 0.3 is 0 Å². The monoisotopic (exact) mass is 362 g/mol. The lowest BCUT2D eigenvalue weighted by atomic mass is 10.2. The summed E-state index contributed by atoms with van der Waals surface area (Å²) >= 11 is 0. The van der Waals surface area contributed by atoms with Crippen LogP contribution in [0.3, 0.4) is 0 Å². The van der Waals surface area contributed by atoms with Gasteiger partial charge in [0.1, 0.15) is 11.5 Å². The first-order chi connectivity index (χ1) is 13.1. The van der Waals surface area contributed by atoms with Gasteiger partial charge in [-0.15, -0.1) is 0 Å².